The number of nitrogens with zero attached hydrogens (tertiary/aromatic N) is 1. The van der Waals surface area contributed by atoms with Gasteiger partial charge in [0.1, 0.15) is 0 Å². The molecule has 3 atom stereocenters. The number of hydrogen-bond acceptors (Lipinski definition) is 3. The van der Waals surface area contributed by atoms with Gasteiger partial charge in [0, 0.05) is 18.0 Å². The first kappa shape index (κ1) is 17.1. The molecule has 2 amide bonds. The summed E-state index contributed by atoms with van der Waals surface area (Å²) < 4.78 is 0. The molecule has 1 saturated carbocycles. The van der Waals surface area contributed by atoms with E-state index in [9.17, 15) is 14.7 Å². The molecular weight excluding hydrogens is 324 g/mol. The highest BCUT2D eigenvalue weighted by molar-refractivity contribution is 7.98. The smallest absolute Gasteiger partial charge is 0.317 e. The van der Waals surface area contributed by atoms with E-state index in [4.69, 9.17) is 0 Å². The molecule has 1 aromatic carbocycles. The predicted octanol–water partition coefficient (Wildman–Crippen LogP) is 3.37. The fraction of sp³-hybridized carbons (Fsp3) is 0.556. The number of aliphatic carboxylic acids is 1. The van der Waals surface area contributed by atoms with E-state index in [-0.39, 0.29) is 18.0 Å². The molecule has 6 heteroatoms. The number of fused-ring (bicyclic) bond motifs is 1. The number of nitrogens with one attached hydrogen (secondary N) is 1. The van der Waals surface area contributed by atoms with Gasteiger partial charge in [0.25, 0.3) is 0 Å². The maximum absolute atomic E-state index is 12.6. The van der Waals surface area contributed by atoms with Crippen molar-refractivity contribution in [2.24, 2.45) is 11.3 Å². The molecule has 1 aliphatic heterocycles. The first-order chi connectivity index (χ1) is 11.5. The van der Waals surface area contributed by atoms with E-state index in [1.165, 1.54) is 0 Å². The second-order valence-corrected chi connectivity index (χ2v) is 7.69. The lowest BCUT2D eigenvalue weighted by Crippen LogP contribution is -2.42. The van der Waals surface area contributed by atoms with Crippen LogP contribution in [0.4, 0.5) is 4.79 Å². The van der Waals surface area contributed by atoms with Crippen LogP contribution in [-0.2, 0) is 4.79 Å². The normalized spacial score (nSPS) is 26.9. The minimum Gasteiger partial charge on any atom is -0.481 e. The van der Waals surface area contributed by atoms with Crippen LogP contribution in [-0.4, -0.2) is 41.4 Å². The number of amides is 2. The van der Waals surface area contributed by atoms with E-state index in [0.717, 1.165) is 23.3 Å². The summed E-state index contributed by atoms with van der Waals surface area (Å²) in [6.45, 7) is 2.85. The van der Waals surface area contributed by atoms with E-state index >= 15 is 0 Å². The van der Waals surface area contributed by atoms with Gasteiger partial charge in [-0.1, -0.05) is 24.6 Å². The number of urea groups is 1. The maximum Gasteiger partial charge on any atom is 0.317 e. The average molecular weight is 348 g/mol. The molecule has 24 heavy (non-hydrogen) atoms. The lowest BCUT2D eigenvalue weighted by Gasteiger charge is -2.25. The van der Waals surface area contributed by atoms with Gasteiger partial charge in [-0.2, -0.15) is 0 Å². The topological polar surface area (TPSA) is 69.6 Å². The molecule has 0 spiro atoms. The van der Waals surface area contributed by atoms with E-state index in [0.29, 0.717) is 19.5 Å². The van der Waals surface area contributed by atoms with Crippen molar-refractivity contribution in [1.82, 2.24) is 10.2 Å². The third-order valence-corrected chi connectivity index (χ3v) is 6.34. The van der Waals surface area contributed by atoms with Gasteiger partial charge < -0.3 is 15.3 Å². The Bertz CT molecular complexity index is 651. The van der Waals surface area contributed by atoms with Gasteiger partial charge in [-0.05, 0) is 43.6 Å². The highest BCUT2D eigenvalue weighted by Crippen LogP contribution is 2.48. The summed E-state index contributed by atoms with van der Waals surface area (Å²) in [6, 6.07) is 7.76. The van der Waals surface area contributed by atoms with Crippen LogP contribution in [0.15, 0.2) is 29.2 Å². The largest absolute Gasteiger partial charge is 0.481 e. The van der Waals surface area contributed by atoms with Crippen LogP contribution in [0, 0.1) is 11.3 Å². The minimum atomic E-state index is -0.749. The fourth-order valence-electron chi connectivity index (χ4n) is 4.17. The highest BCUT2D eigenvalue weighted by atomic mass is 32.2. The molecule has 2 fully saturated rings. The molecule has 1 heterocycles. The quantitative estimate of drug-likeness (QED) is 0.819. The lowest BCUT2D eigenvalue weighted by molar-refractivity contribution is -0.149. The summed E-state index contributed by atoms with van der Waals surface area (Å²) >= 11 is 1.66. The van der Waals surface area contributed by atoms with Crippen LogP contribution < -0.4 is 5.32 Å². The van der Waals surface area contributed by atoms with Crippen LogP contribution in [0.5, 0.6) is 0 Å². The van der Waals surface area contributed by atoms with Gasteiger partial charge in [0.2, 0.25) is 0 Å². The molecule has 0 aromatic heterocycles. The Hall–Kier alpha value is -1.69. The zero-order chi connectivity index (χ0) is 17.3. The summed E-state index contributed by atoms with van der Waals surface area (Å²) in [5.74, 6) is -0.657. The maximum atomic E-state index is 12.6. The van der Waals surface area contributed by atoms with Crippen LogP contribution >= 0.6 is 11.8 Å². The number of thioether (sulfide) groups is 1. The van der Waals surface area contributed by atoms with Crippen molar-refractivity contribution >= 4 is 23.8 Å². The standard InChI is InChI=1S/C18H24N2O3S/c1-12(14-7-3-4-8-15(14)24-2)19-17(23)20-10-13-6-5-9-18(13,11-20)16(21)22/h3-4,7-8,12-13H,5-6,9-11H2,1-2H3,(H,19,23)(H,21,22)/t12-,13+,18-/m1/s1. The van der Waals surface area contributed by atoms with Crippen LogP contribution in [0.2, 0.25) is 0 Å². The minimum absolute atomic E-state index is 0.0922. The molecule has 0 bridgehead atoms. The molecule has 3 rings (SSSR count). The zero-order valence-electron chi connectivity index (χ0n) is 14.1. The lowest BCUT2D eigenvalue weighted by atomic mass is 9.81. The van der Waals surface area contributed by atoms with Gasteiger partial charge in [-0.3, -0.25) is 4.79 Å². The van der Waals surface area contributed by atoms with E-state index in [1.54, 1.807) is 16.7 Å². The number of carbonyl (C=O) groups is 2. The monoisotopic (exact) mass is 348 g/mol. The Labute approximate surface area is 146 Å². The second-order valence-electron chi connectivity index (χ2n) is 6.84. The summed E-state index contributed by atoms with van der Waals surface area (Å²) in [7, 11) is 0. The van der Waals surface area contributed by atoms with Gasteiger partial charge in [0.15, 0.2) is 0 Å². The molecule has 2 aliphatic rings. The van der Waals surface area contributed by atoms with Crippen molar-refractivity contribution in [2.75, 3.05) is 19.3 Å². The molecule has 1 saturated heterocycles. The van der Waals surface area contributed by atoms with Crippen molar-refractivity contribution in [1.29, 1.82) is 0 Å². The number of rotatable bonds is 4. The molecule has 0 unspecified atom stereocenters. The average Bonchev–Trinajstić information content (AvgIpc) is 3.13. The Morgan fingerprint density at radius 3 is 2.83 bits per heavy atom. The zero-order valence-corrected chi connectivity index (χ0v) is 14.9. The Balaban J connectivity index is 1.69. The number of benzene rings is 1. The van der Waals surface area contributed by atoms with Crippen molar-refractivity contribution in [3.05, 3.63) is 29.8 Å². The van der Waals surface area contributed by atoms with Crippen LogP contribution in [0.1, 0.15) is 37.8 Å². The van der Waals surface area contributed by atoms with Crippen molar-refractivity contribution < 1.29 is 14.7 Å². The third kappa shape index (κ3) is 2.88. The summed E-state index contributed by atoms with van der Waals surface area (Å²) in [6.07, 6.45) is 4.55. The highest BCUT2D eigenvalue weighted by Gasteiger charge is 2.55. The molecule has 1 aromatic rings. The number of carboxylic acids is 1. The van der Waals surface area contributed by atoms with E-state index in [2.05, 4.69) is 5.32 Å². The van der Waals surface area contributed by atoms with E-state index < -0.39 is 11.4 Å². The van der Waals surface area contributed by atoms with Crippen molar-refractivity contribution in [3.8, 4) is 0 Å². The number of carbonyl (C=O) groups excluding carboxylic acids is 1. The number of hydrogen-bond donors (Lipinski definition) is 2. The molecule has 130 valence electrons. The molecule has 1 aliphatic carbocycles. The Morgan fingerprint density at radius 1 is 1.42 bits per heavy atom. The predicted molar refractivity (Wildman–Crippen MR) is 94.2 cm³/mol. The van der Waals surface area contributed by atoms with E-state index in [1.807, 2.05) is 37.4 Å². The summed E-state index contributed by atoms with van der Waals surface area (Å²) in [5.41, 5.74) is 0.364. The Kier molecular flexibility index (Phi) is 4.76. The molecule has 2 N–H and O–H groups in total. The second kappa shape index (κ2) is 6.67. The summed E-state index contributed by atoms with van der Waals surface area (Å²) in [4.78, 5) is 27.2. The Morgan fingerprint density at radius 2 is 2.17 bits per heavy atom. The number of likely N-dealkylation sites (tertiary alicyclic amines) is 1. The van der Waals surface area contributed by atoms with Crippen LogP contribution in [0.25, 0.3) is 0 Å². The first-order valence-electron chi connectivity index (χ1n) is 8.39. The molecular formula is C18H24N2O3S. The molecule has 0 radical (unpaired) electrons. The van der Waals surface area contributed by atoms with Crippen molar-refractivity contribution in [2.45, 2.75) is 37.1 Å². The fourth-order valence-corrected chi connectivity index (χ4v) is 4.87. The van der Waals surface area contributed by atoms with Gasteiger partial charge in [-0.15, -0.1) is 11.8 Å². The molecule has 5 nitrogen and oxygen atoms in total. The summed E-state index contributed by atoms with van der Waals surface area (Å²) in [5, 5.41) is 12.7. The van der Waals surface area contributed by atoms with Gasteiger partial charge >= 0.3 is 12.0 Å². The van der Waals surface area contributed by atoms with Gasteiger partial charge in [-0.25, -0.2) is 4.79 Å². The SMILES string of the molecule is CSc1ccccc1[C@@H](C)NC(=O)N1C[C@@H]2CCC[C@@]2(C(=O)O)C1. The first-order valence-corrected chi connectivity index (χ1v) is 9.62. The third-order valence-electron chi connectivity index (χ3n) is 5.53. The van der Waals surface area contributed by atoms with Crippen LogP contribution in [0.3, 0.4) is 0 Å². The van der Waals surface area contributed by atoms with Crippen molar-refractivity contribution in [3.63, 3.8) is 0 Å². The number of carboxylic acid groups (broad SMARTS) is 1. The van der Waals surface area contributed by atoms with Gasteiger partial charge in [0.05, 0.1) is 11.5 Å².